The summed E-state index contributed by atoms with van der Waals surface area (Å²) in [5.41, 5.74) is 0.502. The second-order valence-corrected chi connectivity index (χ2v) is 2.48. The van der Waals surface area contributed by atoms with Crippen LogP contribution in [0, 0.1) is 0 Å². The molecule has 0 aromatic heterocycles. The summed E-state index contributed by atoms with van der Waals surface area (Å²) in [6, 6.07) is -0.480. The third-order valence-electron chi connectivity index (χ3n) is 1.40. The quantitative estimate of drug-likeness (QED) is 0.520. The number of carbonyl (C=O) groups excluding carboxylic acids is 1. The predicted octanol–water partition coefficient (Wildman–Crippen LogP) is 0.313. The molecule has 6 nitrogen and oxygen atoms in total. The summed E-state index contributed by atoms with van der Waals surface area (Å²) < 4.78 is 4.75. The highest BCUT2D eigenvalue weighted by molar-refractivity contribution is 6.23. The van der Waals surface area contributed by atoms with Crippen LogP contribution in [0.2, 0.25) is 0 Å². The fraction of sp³-hybridized carbons (Fsp3) is 0.375. The van der Waals surface area contributed by atoms with Crippen LogP contribution in [0.3, 0.4) is 0 Å². The van der Waals surface area contributed by atoms with Crippen LogP contribution in [0.4, 0.5) is 4.79 Å². The number of carbonyl (C=O) groups is 1. The van der Waals surface area contributed by atoms with Crippen LogP contribution in [-0.2, 0) is 9.57 Å². The number of ether oxygens (including phenoxy) is 1. The molecule has 0 spiro atoms. The Balaban J connectivity index is 2.46. The van der Waals surface area contributed by atoms with Crippen molar-refractivity contribution in [2.45, 2.75) is 0 Å². The second kappa shape index (κ2) is 5.13. The van der Waals surface area contributed by atoms with Gasteiger partial charge in [-0.05, 0) is 0 Å². The third kappa shape index (κ3) is 2.98. The van der Waals surface area contributed by atoms with Crippen molar-refractivity contribution >= 4 is 18.1 Å². The molecular weight excluding hydrogens is 186 g/mol. The molecule has 0 atom stereocenters. The molecule has 1 aliphatic heterocycles. The molecule has 0 saturated carbocycles. The normalized spacial score (nSPS) is 18.5. The minimum Gasteiger partial charge on any atom is -0.392 e. The van der Waals surface area contributed by atoms with Crippen molar-refractivity contribution in [3.63, 3.8) is 0 Å². The Bertz CT molecular complexity index is 296. The fourth-order valence-corrected chi connectivity index (χ4v) is 0.724. The molecule has 0 aromatic rings. The van der Waals surface area contributed by atoms with Gasteiger partial charge in [-0.1, -0.05) is 11.7 Å². The maximum atomic E-state index is 10.8. The highest BCUT2D eigenvalue weighted by Gasteiger charge is 2.12. The minimum absolute atomic E-state index is 0.279. The average molecular weight is 197 g/mol. The van der Waals surface area contributed by atoms with E-state index >= 15 is 0 Å². The molecule has 1 rings (SSSR count). The number of oxime groups is 1. The van der Waals surface area contributed by atoms with E-state index in [0.29, 0.717) is 18.8 Å². The summed E-state index contributed by atoms with van der Waals surface area (Å²) in [5.74, 6) is 0.279. The molecule has 6 heteroatoms. The fourth-order valence-electron chi connectivity index (χ4n) is 0.724. The van der Waals surface area contributed by atoms with E-state index in [2.05, 4.69) is 22.0 Å². The standard InChI is InChI=1S/C8H11N3O3/c1-6-5-9-8(12)10-7(6)11-14-4-3-13-2/h5H,1,3-4H2,2H3,(H,10,11,12). The SMILES string of the molecule is C=C1C=NC(=O)N/C1=N\OCCOC. The van der Waals surface area contributed by atoms with Gasteiger partial charge >= 0.3 is 6.03 Å². The number of methoxy groups -OCH3 is 1. The second-order valence-electron chi connectivity index (χ2n) is 2.48. The molecule has 14 heavy (non-hydrogen) atoms. The van der Waals surface area contributed by atoms with Crippen LogP contribution in [-0.4, -0.2) is 38.4 Å². The Morgan fingerprint density at radius 3 is 3.14 bits per heavy atom. The van der Waals surface area contributed by atoms with Crippen LogP contribution in [0.15, 0.2) is 22.3 Å². The third-order valence-corrected chi connectivity index (χ3v) is 1.40. The van der Waals surface area contributed by atoms with Gasteiger partial charge in [0, 0.05) is 18.9 Å². The number of aliphatic imine (C=N–C) groups is 1. The molecule has 0 unspecified atom stereocenters. The van der Waals surface area contributed by atoms with Crippen LogP contribution in [0.25, 0.3) is 0 Å². The number of nitrogens with zero attached hydrogens (tertiary/aromatic N) is 2. The zero-order valence-electron chi connectivity index (χ0n) is 7.82. The van der Waals surface area contributed by atoms with Gasteiger partial charge in [0.05, 0.1) is 6.61 Å². The number of urea groups is 1. The van der Waals surface area contributed by atoms with Crippen LogP contribution in [0.5, 0.6) is 0 Å². The van der Waals surface area contributed by atoms with E-state index in [1.807, 2.05) is 0 Å². The first-order chi connectivity index (χ1) is 6.74. The molecule has 0 radical (unpaired) electrons. The summed E-state index contributed by atoms with van der Waals surface area (Å²) in [4.78, 5) is 19.1. The minimum atomic E-state index is -0.480. The lowest BCUT2D eigenvalue weighted by molar-refractivity contribution is 0.0747. The van der Waals surface area contributed by atoms with Gasteiger partial charge < -0.3 is 9.57 Å². The van der Waals surface area contributed by atoms with Crippen LogP contribution < -0.4 is 5.32 Å². The summed E-state index contributed by atoms with van der Waals surface area (Å²) in [7, 11) is 1.56. The molecule has 0 saturated heterocycles. The molecule has 76 valence electrons. The zero-order valence-corrected chi connectivity index (χ0v) is 7.82. The van der Waals surface area contributed by atoms with Gasteiger partial charge in [0.1, 0.15) is 6.61 Å². The van der Waals surface area contributed by atoms with Crippen molar-refractivity contribution in [2.75, 3.05) is 20.3 Å². The zero-order chi connectivity index (χ0) is 10.4. The Hall–Kier alpha value is -1.69. The molecule has 1 aliphatic rings. The Morgan fingerprint density at radius 1 is 1.64 bits per heavy atom. The van der Waals surface area contributed by atoms with E-state index in [1.54, 1.807) is 7.11 Å². The summed E-state index contributed by atoms with van der Waals surface area (Å²) >= 11 is 0. The van der Waals surface area contributed by atoms with Crippen molar-refractivity contribution in [1.29, 1.82) is 0 Å². The molecule has 2 amide bonds. The van der Waals surface area contributed by atoms with Crippen LogP contribution in [0.1, 0.15) is 0 Å². The number of hydrogen-bond acceptors (Lipinski definition) is 4. The first-order valence-electron chi connectivity index (χ1n) is 3.97. The van der Waals surface area contributed by atoms with E-state index in [0.717, 1.165) is 0 Å². The topological polar surface area (TPSA) is 72.3 Å². The molecule has 1 heterocycles. The highest BCUT2D eigenvalue weighted by atomic mass is 16.6. The summed E-state index contributed by atoms with van der Waals surface area (Å²) in [6.07, 6.45) is 1.33. The van der Waals surface area contributed by atoms with E-state index in [4.69, 9.17) is 9.57 Å². The van der Waals surface area contributed by atoms with Crippen molar-refractivity contribution in [1.82, 2.24) is 5.32 Å². The van der Waals surface area contributed by atoms with Gasteiger partial charge in [-0.3, -0.25) is 5.32 Å². The predicted molar refractivity (Wildman–Crippen MR) is 51.4 cm³/mol. The van der Waals surface area contributed by atoms with Crippen molar-refractivity contribution < 1.29 is 14.4 Å². The van der Waals surface area contributed by atoms with E-state index in [1.165, 1.54) is 6.21 Å². The van der Waals surface area contributed by atoms with Gasteiger partial charge in [0.25, 0.3) is 0 Å². The monoisotopic (exact) mass is 197 g/mol. The number of amidine groups is 1. The Morgan fingerprint density at radius 2 is 2.43 bits per heavy atom. The van der Waals surface area contributed by atoms with Gasteiger partial charge in [0.15, 0.2) is 5.84 Å². The van der Waals surface area contributed by atoms with E-state index in [-0.39, 0.29) is 5.84 Å². The van der Waals surface area contributed by atoms with Gasteiger partial charge in [-0.15, -0.1) is 0 Å². The largest absolute Gasteiger partial charge is 0.392 e. The highest BCUT2D eigenvalue weighted by Crippen LogP contribution is 1.97. The summed E-state index contributed by atoms with van der Waals surface area (Å²) in [6.45, 7) is 4.38. The molecule has 0 aliphatic carbocycles. The van der Waals surface area contributed by atoms with Crippen LogP contribution >= 0.6 is 0 Å². The first kappa shape index (κ1) is 10.4. The van der Waals surface area contributed by atoms with Crippen molar-refractivity contribution in [3.8, 4) is 0 Å². The van der Waals surface area contributed by atoms with E-state index in [9.17, 15) is 4.79 Å². The smallest absolute Gasteiger partial charge is 0.346 e. The number of nitrogens with one attached hydrogen (secondary N) is 1. The number of amides is 2. The molecule has 0 aromatic carbocycles. The first-order valence-corrected chi connectivity index (χ1v) is 3.97. The average Bonchev–Trinajstić information content (AvgIpc) is 2.18. The lowest BCUT2D eigenvalue weighted by Gasteiger charge is -2.09. The van der Waals surface area contributed by atoms with Crippen molar-refractivity contribution in [3.05, 3.63) is 12.2 Å². The number of rotatable bonds is 4. The maximum Gasteiger partial charge on any atom is 0.346 e. The lowest BCUT2D eigenvalue weighted by atomic mass is 10.3. The van der Waals surface area contributed by atoms with Gasteiger partial charge in [0.2, 0.25) is 0 Å². The maximum absolute atomic E-state index is 10.8. The van der Waals surface area contributed by atoms with E-state index < -0.39 is 6.03 Å². The van der Waals surface area contributed by atoms with Gasteiger partial charge in [-0.25, -0.2) is 9.79 Å². The number of hydrogen-bond donors (Lipinski definition) is 1. The van der Waals surface area contributed by atoms with Crippen molar-refractivity contribution in [2.24, 2.45) is 10.1 Å². The Kier molecular flexibility index (Phi) is 3.81. The lowest BCUT2D eigenvalue weighted by Crippen LogP contribution is -2.33. The van der Waals surface area contributed by atoms with Gasteiger partial charge in [-0.2, -0.15) is 0 Å². The molecule has 0 fully saturated rings. The molecular formula is C8H11N3O3. The molecule has 0 bridgehead atoms. The summed E-state index contributed by atoms with van der Waals surface area (Å²) in [5, 5.41) is 6.06. The molecule has 1 N–H and O–H groups in total. The Labute approximate surface area is 81.3 Å².